The molecule has 5 N–H and O–H groups in total. The summed E-state index contributed by atoms with van der Waals surface area (Å²) in [4.78, 5) is 33.7. The number of ether oxygens (including phenoxy) is 1. The van der Waals surface area contributed by atoms with E-state index in [9.17, 15) is 14.7 Å². The summed E-state index contributed by atoms with van der Waals surface area (Å²) in [6.07, 6.45) is 7.20. The Bertz CT molecular complexity index is 1180. The van der Waals surface area contributed by atoms with Crippen LogP contribution in [0.2, 0.25) is 0 Å². The maximum absolute atomic E-state index is 11.8. The zero-order valence-electron chi connectivity index (χ0n) is 22.7. The molecule has 2 unspecified atom stereocenters. The summed E-state index contributed by atoms with van der Waals surface area (Å²) in [5.41, 5.74) is 12.1. The summed E-state index contributed by atoms with van der Waals surface area (Å²) in [5, 5.41) is 13.6. The van der Waals surface area contributed by atoms with E-state index >= 15 is 0 Å². The molecule has 10 nitrogen and oxygen atoms in total. The van der Waals surface area contributed by atoms with Crippen LogP contribution < -0.4 is 16.5 Å². The number of aliphatic imine (C=N–C) groups is 1. The first-order valence-corrected chi connectivity index (χ1v) is 12.0. The highest BCUT2D eigenvalue weighted by Gasteiger charge is 2.23. The fourth-order valence-electron chi connectivity index (χ4n) is 3.57. The lowest BCUT2D eigenvalue weighted by Crippen LogP contribution is -2.39. The molecule has 1 heterocycles. The number of nitrogens with zero attached hydrogens (tertiary/aromatic N) is 2. The number of aliphatic hydroxyl groups excluding tert-OH is 1. The van der Waals surface area contributed by atoms with Gasteiger partial charge < -0.3 is 25.3 Å². The second kappa shape index (κ2) is 15.7. The van der Waals surface area contributed by atoms with Gasteiger partial charge in [0.15, 0.2) is 0 Å². The molecule has 0 aromatic heterocycles. The molecule has 10 heteroatoms. The number of anilines is 1. The number of carbonyl (C=O) groups is 2. The van der Waals surface area contributed by atoms with Gasteiger partial charge in [-0.1, -0.05) is 50.2 Å². The molecule has 2 atom stereocenters. The average molecular weight is 524 g/mol. The lowest BCUT2D eigenvalue weighted by atomic mass is 10.0. The van der Waals surface area contributed by atoms with Gasteiger partial charge in [-0.2, -0.15) is 0 Å². The van der Waals surface area contributed by atoms with Crippen molar-refractivity contribution < 1.29 is 24.3 Å². The summed E-state index contributed by atoms with van der Waals surface area (Å²) in [6, 6.07) is 12.9. The van der Waals surface area contributed by atoms with Crippen LogP contribution in [-0.2, 0) is 16.1 Å². The van der Waals surface area contributed by atoms with Crippen molar-refractivity contribution in [3.05, 3.63) is 70.8 Å². The summed E-state index contributed by atoms with van der Waals surface area (Å²) in [5.74, 6) is 0.614. The van der Waals surface area contributed by atoms with E-state index in [4.69, 9.17) is 10.5 Å². The zero-order chi connectivity index (χ0) is 28.8. The van der Waals surface area contributed by atoms with Crippen molar-refractivity contribution >= 4 is 29.4 Å². The van der Waals surface area contributed by atoms with E-state index in [1.54, 1.807) is 11.0 Å². The third kappa shape index (κ3) is 8.96. The lowest BCUT2D eigenvalue weighted by molar-refractivity contribution is 0.0796. The van der Waals surface area contributed by atoms with E-state index in [1.165, 1.54) is 7.11 Å². The molecule has 0 bridgehead atoms. The normalized spacial score (nSPS) is 14.8. The number of amides is 2. The molecule has 2 aromatic carbocycles. The highest BCUT2D eigenvalue weighted by Crippen LogP contribution is 2.30. The van der Waals surface area contributed by atoms with Crippen LogP contribution in [0.5, 0.6) is 0 Å². The number of nitrogens with one attached hydrogen (secondary N) is 2. The van der Waals surface area contributed by atoms with E-state index in [0.29, 0.717) is 29.3 Å². The Balaban J connectivity index is 0.00000172. The van der Waals surface area contributed by atoms with Crippen molar-refractivity contribution in [2.24, 2.45) is 10.7 Å². The third-order valence-corrected chi connectivity index (χ3v) is 5.34. The van der Waals surface area contributed by atoms with Crippen molar-refractivity contribution in [2.75, 3.05) is 12.4 Å². The molecule has 0 saturated heterocycles. The van der Waals surface area contributed by atoms with Crippen LogP contribution in [-0.4, -0.2) is 41.4 Å². The van der Waals surface area contributed by atoms with Crippen LogP contribution in [0.3, 0.4) is 0 Å². The monoisotopic (exact) mass is 523 g/mol. The molecular formula is C28H37N5O5. The standard InChI is InChI=1S/C24H29N5O5.C2H6.C2H2/c1-14-8-9-19(20(10-14)27-24(32)33-4)21-12-22(30)29(16(3)26-21)13-17-6-5-7-18(11-17)15(2)28-34-23(25)31;2*1-2/h5-12,15,22,28,30H,13H2,1-4H3,(H2,25,31)(H,27,32);1-2H3;1-2H. The molecule has 1 aliphatic rings. The number of hydrogen-bond donors (Lipinski definition) is 4. The van der Waals surface area contributed by atoms with Crippen LogP contribution in [0.4, 0.5) is 15.3 Å². The third-order valence-electron chi connectivity index (χ3n) is 5.34. The van der Waals surface area contributed by atoms with Crippen molar-refractivity contribution in [2.45, 2.75) is 53.4 Å². The van der Waals surface area contributed by atoms with Crippen molar-refractivity contribution in [3.63, 3.8) is 0 Å². The number of rotatable bonds is 7. The molecule has 2 aromatic rings. The van der Waals surface area contributed by atoms with Gasteiger partial charge in [-0.25, -0.2) is 14.6 Å². The molecular weight excluding hydrogens is 486 g/mol. The van der Waals surface area contributed by atoms with Crippen LogP contribution in [0.1, 0.15) is 56.0 Å². The van der Waals surface area contributed by atoms with Crippen LogP contribution >= 0.6 is 0 Å². The van der Waals surface area contributed by atoms with Gasteiger partial charge in [-0.3, -0.25) is 5.32 Å². The molecule has 0 fully saturated rings. The van der Waals surface area contributed by atoms with E-state index in [2.05, 4.69) is 33.5 Å². The maximum Gasteiger partial charge on any atom is 0.423 e. The van der Waals surface area contributed by atoms with Gasteiger partial charge in [-0.15, -0.1) is 18.3 Å². The fraction of sp³-hybridized carbons (Fsp3) is 0.321. The first-order valence-electron chi connectivity index (χ1n) is 12.0. The molecule has 0 radical (unpaired) electrons. The van der Waals surface area contributed by atoms with Gasteiger partial charge >= 0.3 is 12.2 Å². The number of primary amides is 1. The Morgan fingerprint density at radius 2 is 1.87 bits per heavy atom. The zero-order valence-corrected chi connectivity index (χ0v) is 22.7. The Morgan fingerprint density at radius 3 is 2.47 bits per heavy atom. The minimum atomic E-state index is -0.933. The van der Waals surface area contributed by atoms with Gasteiger partial charge in [0.1, 0.15) is 12.1 Å². The number of terminal acetylenes is 1. The summed E-state index contributed by atoms with van der Waals surface area (Å²) in [7, 11) is 1.30. The first kappa shape index (κ1) is 31.7. The smallest absolute Gasteiger partial charge is 0.423 e. The molecule has 0 spiro atoms. The largest absolute Gasteiger partial charge is 0.453 e. The van der Waals surface area contributed by atoms with Crippen LogP contribution in [0.15, 0.2) is 53.5 Å². The molecule has 38 heavy (non-hydrogen) atoms. The average Bonchev–Trinajstić information content (AvgIpc) is 2.91. The van der Waals surface area contributed by atoms with E-state index < -0.39 is 18.4 Å². The second-order valence-electron chi connectivity index (χ2n) is 7.92. The molecule has 204 valence electrons. The number of aryl methyl sites for hydroxylation is 1. The highest BCUT2D eigenvalue weighted by molar-refractivity contribution is 5.94. The van der Waals surface area contributed by atoms with E-state index in [1.807, 2.05) is 77.1 Å². The van der Waals surface area contributed by atoms with Gasteiger partial charge in [0.2, 0.25) is 0 Å². The molecule has 0 saturated carbocycles. The van der Waals surface area contributed by atoms with E-state index in [0.717, 1.165) is 16.7 Å². The van der Waals surface area contributed by atoms with Gasteiger partial charge in [0.05, 0.1) is 24.5 Å². The molecule has 3 rings (SSSR count). The number of benzene rings is 2. The second-order valence-corrected chi connectivity index (χ2v) is 7.92. The summed E-state index contributed by atoms with van der Waals surface area (Å²) in [6.45, 7) is 9.96. The van der Waals surface area contributed by atoms with Crippen LogP contribution in [0.25, 0.3) is 5.70 Å². The number of aliphatic hydroxyl groups is 1. The molecule has 0 aliphatic carbocycles. The topological polar surface area (TPSA) is 139 Å². The predicted octanol–water partition coefficient (Wildman–Crippen LogP) is 4.70. The van der Waals surface area contributed by atoms with Gasteiger partial charge in [-0.05, 0) is 49.6 Å². The van der Waals surface area contributed by atoms with Crippen molar-refractivity contribution in [1.82, 2.24) is 10.4 Å². The summed E-state index contributed by atoms with van der Waals surface area (Å²) < 4.78 is 4.72. The number of carbonyl (C=O) groups excluding carboxylic acids is 2. The van der Waals surface area contributed by atoms with E-state index in [-0.39, 0.29) is 6.04 Å². The number of amidine groups is 1. The Hall–Kier alpha value is -4.33. The maximum atomic E-state index is 11.8. The molecule has 1 aliphatic heterocycles. The minimum Gasteiger partial charge on any atom is -0.453 e. The van der Waals surface area contributed by atoms with Crippen LogP contribution in [0, 0.1) is 19.8 Å². The van der Waals surface area contributed by atoms with Crippen molar-refractivity contribution in [1.29, 1.82) is 0 Å². The first-order chi connectivity index (χ1) is 18.2. The Kier molecular flexibility index (Phi) is 13.1. The summed E-state index contributed by atoms with van der Waals surface area (Å²) >= 11 is 0. The van der Waals surface area contributed by atoms with Crippen molar-refractivity contribution in [3.8, 4) is 12.8 Å². The van der Waals surface area contributed by atoms with Gasteiger partial charge in [0, 0.05) is 12.1 Å². The minimum absolute atomic E-state index is 0.276. The number of hydroxylamine groups is 1. The molecule has 2 amide bonds. The Morgan fingerprint density at radius 1 is 1.18 bits per heavy atom. The number of nitrogens with two attached hydrogens (primary N) is 1. The lowest BCUT2D eigenvalue weighted by Gasteiger charge is -2.32. The highest BCUT2D eigenvalue weighted by atomic mass is 16.7. The van der Waals surface area contributed by atoms with Gasteiger partial charge in [0.25, 0.3) is 0 Å². The number of hydrogen-bond acceptors (Lipinski definition) is 8. The Labute approximate surface area is 224 Å². The SMILES string of the molecule is C#C.CC.COC(=O)Nc1cc(C)ccc1C1=CC(O)N(Cc2cccc(C(C)NOC(N)=O)c2)C(C)=N1. The predicted molar refractivity (Wildman–Crippen MR) is 150 cm³/mol. The number of methoxy groups -OCH3 is 1. The quantitative estimate of drug-likeness (QED) is 0.305. The fourth-order valence-corrected chi connectivity index (χ4v) is 3.57.